The largest absolute Gasteiger partial charge is 0.336 e. The van der Waals surface area contributed by atoms with Gasteiger partial charge in [0.1, 0.15) is 0 Å². The maximum absolute atomic E-state index is 13.2. The Labute approximate surface area is 206 Å². The van der Waals surface area contributed by atoms with Gasteiger partial charge in [-0.3, -0.25) is 14.0 Å². The van der Waals surface area contributed by atoms with E-state index in [2.05, 4.69) is 11.0 Å². The number of nitriles is 1. The number of piperazine rings is 1. The third-order valence-electron chi connectivity index (χ3n) is 6.17. The van der Waals surface area contributed by atoms with Crippen molar-refractivity contribution in [1.82, 2.24) is 9.80 Å². The van der Waals surface area contributed by atoms with Gasteiger partial charge >= 0.3 is 0 Å². The maximum Gasteiger partial charge on any atom is 0.264 e. The van der Waals surface area contributed by atoms with Crippen LogP contribution in [0.2, 0.25) is 0 Å². The van der Waals surface area contributed by atoms with Crippen LogP contribution in [-0.4, -0.2) is 56.8 Å². The van der Waals surface area contributed by atoms with Crippen LogP contribution in [0.1, 0.15) is 28.4 Å². The van der Waals surface area contributed by atoms with Crippen molar-refractivity contribution >= 4 is 21.6 Å². The number of carbonyl (C=O) groups is 1. The molecule has 0 N–H and O–H groups in total. The zero-order chi connectivity index (χ0) is 24.8. The maximum atomic E-state index is 13.2. The predicted octanol–water partition coefficient (Wildman–Crippen LogP) is 3.73. The van der Waals surface area contributed by atoms with Gasteiger partial charge in [0.05, 0.1) is 22.2 Å². The van der Waals surface area contributed by atoms with Gasteiger partial charge in [0.25, 0.3) is 15.9 Å². The van der Waals surface area contributed by atoms with Gasteiger partial charge in [0.15, 0.2) is 0 Å². The highest BCUT2D eigenvalue weighted by molar-refractivity contribution is 7.92. The van der Waals surface area contributed by atoms with Gasteiger partial charge < -0.3 is 4.90 Å². The van der Waals surface area contributed by atoms with Crippen LogP contribution in [0.25, 0.3) is 0 Å². The summed E-state index contributed by atoms with van der Waals surface area (Å²) in [5.41, 5.74) is 2.86. The van der Waals surface area contributed by atoms with Gasteiger partial charge in [-0.15, -0.1) is 0 Å². The molecule has 0 atom stereocenters. The fourth-order valence-electron chi connectivity index (χ4n) is 4.22. The van der Waals surface area contributed by atoms with Crippen LogP contribution in [-0.2, 0) is 16.6 Å². The summed E-state index contributed by atoms with van der Waals surface area (Å²) < 4.78 is 27.7. The fourth-order valence-corrected chi connectivity index (χ4v) is 5.69. The van der Waals surface area contributed by atoms with Crippen molar-refractivity contribution in [2.75, 3.05) is 37.0 Å². The minimum atomic E-state index is -3.73. The van der Waals surface area contributed by atoms with Crippen molar-refractivity contribution in [3.8, 4) is 6.07 Å². The second kappa shape index (κ2) is 10.7. The summed E-state index contributed by atoms with van der Waals surface area (Å²) in [6.07, 6.45) is 0. The molecule has 0 aromatic heterocycles. The Morgan fingerprint density at radius 3 is 2.11 bits per heavy atom. The zero-order valence-electron chi connectivity index (χ0n) is 19.7. The van der Waals surface area contributed by atoms with E-state index in [4.69, 9.17) is 5.26 Å². The number of sulfonamides is 1. The highest BCUT2D eigenvalue weighted by atomic mass is 32.2. The molecule has 7 nitrogen and oxygen atoms in total. The van der Waals surface area contributed by atoms with E-state index in [-0.39, 0.29) is 10.8 Å². The summed E-state index contributed by atoms with van der Waals surface area (Å²) in [5.74, 6) is -0.0950. The molecule has 0 radical (unpaired) electrons. The third-order valence-corrected chi connectivity index (χ3v) is 8.09. The quantitative estimate of drug-likeness (QED) is 0.506. The van der Waals surface area contributed by atoms with Crippen molar-refractivity contribution in [3.63, 3.8) is 0 Å². The number of benzene rings is 3. The van der Waals surface area contributed by atoms with Crippen molar-refractivity contribution in [2.24, 2.45) is 0 Å². The molecule has 180 valence electrons. The molecule has 0 aliphatic carbocycles. The molecular formula is C27H28N4O3S. The second-order valence-electron chi connectivity index (χ2n) is 8.41. The normalized spacial score (nSPS) is 14.3. The second-order valence-corrected chi connectivity index (χ2v) is 10.3. The monoisotopic (exact) mass is 488 g/mol. The first-order valence-corrected chi connectivity index (χ1v) is 13.0. The van der Waals surface area contributed by atoms with Crippen molar-refractivity contribution in [3.05, 3.63) is 95.6 Å². The smallest absolute Gasteiger partial charge is 0.264 e. The number of carbonyl (C=O) groups excluding carboxylic acids is 1. The van der Waals surface area contributed by atoms with E-state index in [0.29, 0.717) is 36.4 Å². The van der Waals surface area contributed by atoms with Gasteiger partial charge in [-0.05, 0) is 61.0 Å². The van der Waals surface area contributed by atoms with E-state index < -0.39 is 10.0 Å². The Kier molecular flexibility index (Phi) is 7.49. The minimum Gasteiger partial charge on any atom is -0.336 e. The molecule has 4 rings (SSSR count). The molecule has 3 aromatic rings. The molecule has 0 unspecified atom stereocenters. The molecule has 1 fully saturated rings. The number of hydrogen-bond acceptors (Lipinski definition) is 5. The molecule has 3 aromatic carbocycles. The fraction of sp³-hybridized carbons (Fsp3) is 0.259. The molecular weight excluding hydrogens is 460 g/mol. The molecule has 0 saturated carbocycles. The summed E-state index contributed by atoms with van der Waals surface area (Å²) in [7, 11) is -3.73. The Hall–Kier alpha value is -3.67. The first kappa shape index (κ1) is 24.5. The van der Waals surface area contributed by atoms with Crippen LogP contribution < -0.4 is 4.31 Å². The lowest BCUT2D eigenvalue weighted by Gasteiger charge is -2.34. The number of hydrogen-bond donors (Lipinski definition) is 0. The van der Waals surface area contributed by atoms with Crippen LogP contribution in [0.15, 0.2) is 83.8 Å². The SMILES string of the molecule is CCN(c1ccccc1)S(=O)(=O)c1ccc(C(=O)N2CCN(Cc3ccc(C#N)cc3)CC2)cc1. The summed E-state index contributed by atoms with van der Waals surface area (Å²) in [4.78, 5) is 17.3. The summed E-state index contributed by atoms with van der Waals surface area (Å²) in [5, 5.41) is 8.93. The first-order valence-electron chi connectivity index (χ1n) is 11.6. The standard InChI is InChI=1S/C27H28N4O3S/c1-2-31(25-6-4-3-5-7-25)35(33,34)26-14-12-24(13-15-26)27(32)30-18-16-29(17-19-30)21-23-10-8-22(20-28)9-11-23/h3-15H,2,16-19,21H2,1H3. The minimum absolute atomic E-state index is 0.0950. The Morgan fingerprint density at radius 2 is 1.54 bits per heavy atom. The first-order chi connectivity index (χ1) is 16.9. The summed E-state index contributed by atoms with van der Waals surface area (Å²) in [6, 6.07) is 24.9. The molecule has 1 aliphatic heterocycles. The van der Waals surface area contributed by atoms with E-state index in [1.54, 1.807) is 48.2 Å². The Bertz CT molecular complexity index is 1290. The molecule has 0 spiro atoms. The third kappa shape index (κ3) is 5.53. The predicted molar refractivity (Wildman–Crippen MR) is 135 cm³/mol. The van der Waals surface area contributed by atoms with Gasteiger partial charge in [-0.2, -0.15) is 5.26 Å². The van der Waals surface area contributed by atoms with E-state index in [9.17, 15) is 13.2 Å². The zero-order valence-corrected chi connectivity index (χ0v) is 20.5. The molecule has 35 heavy (non-hydrogen) atoms. The van der Waals surface area contributed by atoms with Crippen molar-refractivity contribution in [2.45, 2.75) is 18.4 Å². The number of nitrogens with zero attached hydrogens (tertiary/aromatic N) is 4. The van der Waals surface area contributed by atoms with Gasteiger partial charge in [0.2, 0.25) is 0 Å². The van der Waals surface area contributed by atoms with Gasteiger partial charge in [0, 0.05) is 44.8 Å². The van der Waals surface area contributed by atoms with Crippen LogP contribution in [0, 0.1) is 11.3 Å². The Morgan fingerprint density at radius 1 is 0.914 bits per heavy atom. The molecule has 1 amide bonds. The molecule has 1 saturated heterocycles. The van der Waals surface area contributed by atoms with E-state index in [1.807, 2.05) is 30.3 Å². The van der Waals surface area contributed by atoms with Crippen LogP contribution in [0.3, 0.4) is 0 Å². The molecule has 1 heterocycles. The highest BCUT2D eigenvalue weighted by Crippen LogP contribution is 2.24. The topological polar surface area (TPSA) is 84.7 Å². The van der Waals surface area contributed by atoms with Crippen molar-refractivity contribution in [1.29, 1.82) is 5.26 Å². The lowest BCUT2D eigenvalue weighted by molar-refractivity contribution is 0.0628. The molecule has 8 heteroatoms. The number of anilines is 1. The van der Waals surface area contributed by atoms with E-state index >= 15 is 0 Å². The number of amides is 1. The number of para-hydroxylation sites is 1. The van der Waals surface area contributed by atoms with Crippen LogP contribution in [0.4, 0.5) is 5.69 Å². The molecule has 0 bridgehead atoms. The van der Waals surface area contributed by atoms with Gasteiger partial charge in [-0.1, -0.05) is 30.3 Å². The van der Waals surface area contributed by atoms with Crippen LogP contribution in [0.5, 0.6) is 0 Å². The van der Waals surface area contributed by atoms with E-state index in [1.165, 1.54) is 16.4 Å². The average Bonchev–Trinajstić information content (AvgIpc) is 2.90. The summed E-state index contributed by atoms with van der Waals surface area (Å²) in [6.45, 7) is 5.58. The lowest BCUT2D eigenvalue weighted by Crippen LogP contribution is -2.48. The van der Waals surface area contributed by atoms with Crippen LogP contribution >= 0.6 is 0 Å². The highest BCUT2D eigenvalue weighted by Gasteiger charge is 2.25. The lowest BCUT2D eigenvalue weighted by atomic mass is 10.1. The van der Waals surface area contributed by atoms with E-state index in [0.717, 1.165) is 25.2 Å². The Balaban J connectivity index is 1.38. The number of rotatable bonds is 7. The van der Waals surface area contributed by atoms with Crippen molar-refractivity contribution < 1.29 is 13.2 Å². The average molecular weight is 489 g/mol. The molecule has 1 aliphatic rings. The van der Waals surface area contributed by atoms with Gasteiger partial charge in [-0.25, -0.2) is 8.42 Å². The summed E-state index contributed by atoms with van der Waals surface area (Å²) >= 11 is 0.